The van der Waals surface area contributed by atoms with E-state index in [1.807, 2.05) is 17.9 Å². The van der Waals surface area contributed by atoms with E-state index in [0.29, 0.717) is 11.4 Å². The van der Waals surface area contributed by atoms with Gasteiger partial charge >= 0.3 is 0 Å². The molecule has 1 aliphatic carbocycles. The molecule has 1 fully saturated rings. The van der Waals surface area contributed by atoms with Crippen molar-refractivity contribution in [3.05, 3.63) is 33.9 Å². The molecule has 0 unspecified atom stereocenters. The zero-order valence-electron chi connectivity index (χ0n) is 13.9. The number of aryl methyl sites for hydroxylation is 1. The monoisotopic (exact) mass is 329 g/mol. The predicted octanol–water partition coefficient (Wildman–Crippen LogP) is 2.28. The van der Waals surface area contributed by atoms with E-state index in [2.05, 4.69) is 15.5 Å². The molecule has 128 valence electrons. The molecule has 4 rings (SSSR count). The molecule has 0 radical (unpaired) electrons. The van der Waals surface area contributed by atoms with Crippen molar-refractivity contribution in [2.24, 2.45) is 7.05 Å². The Morgan fingerprint density at radius 2 is 1.92 bits per heavy atom. The van der Waals surface area contributed by atoms with Crippen molar-refractivity contribution in [1.82, 2.24) is 19.6 Å². The van der Waals surface area contributed by atoms with E-state index in [1.54, 1.807) is 10.9 Å². The molecule has 3 heterocycles. The standard InChI is InChI=1S/C17H23N5O2/c1-21-10-11(9-18-21)13-8-14(23)19-16-15(13)17(24)20-22(16)12-6-4-2-3-5-7-12/h9-10,12-13H,2-8H2,1H3,(H,19,23)(H,20,24)/t13-/m0/s1. The minimum absolute atomic E-state index is 0.0438. The van der Waals surface area contributed by atoms with Gasteiger partial charge in [0.05, 0.1) is 17.8 Å². The van der Waals surface area contributed by atoms with Gasteiger partial charge in [-0.1, -0.05) is 25.7 Å². The van der Waals surface area contributed by atoms with Gasteiger partial charge in [0.1, 0.15) is 5.82 Å². The van der Waals surface area contributed by atoms with Crippen LogP contribution >= 0.6 is 0 Å². The third-order valence-electron chi connectivity index (χ3n) is 5.28. The van der Waals surface area contributed by atoms with Crippen LogP contribution in [0.5, 0.6) is 0 Å². The summed E-state index contributed by atoms with van der Waals surface area (Å²) >= 11 is 0. The van der Waals surface area contributed by atoms with Crippen LogP contribution in [0.3, 0.4) is 0 Å². The Morgan fingerprint density at radius 3 is 2.58 bits per heavy atom. The van der Waals surface area contributed by atoms with E-state index in [-0.39, 0.29) is 29.8 Å². The van der Waals surface area contributed by atoms with Crippen molar-refractivity contribution in [2.45, 2.75) is 56.9 Å². The summed E-state index contributed by atoms with van der Waals surface area (Å²) in [6.07, 6.45) is 10.8. The zero-order chi connectivity index (χ0) is 16.7. The van der Waals surface area contributed by atoms with E-state index in [9.17, 15) is 9.59 Å². The highest BCUT2D eigenvalue weighted by Crippen LogP contribution is 2.37. The van der Waals surface area contributed by atoms with Crippen molar-refractivity contribution < 1.29 is 4.79 Å². The number of hydrogen-bond acceptors (Lipinski definition) is 3. The van der Waals surface area contributed by atoms with Gasteiger partial charge in [0.15, 0.2) is 0 Å². The second-order valence-electron chi connectivity index (χ2n) is 6.97. The number of hydrogen-bond donors (Lipinski definition) is 2. The van der Waals surface area contributed by atoms with Gasteiger partial charge in [0.2, 0.25) is 5.91 Å². The average Bonchev–Trinajstić information content (AvgIpc) is 3.00. The van der Waals surface area contributed by atoms with Gasteiger partial charge in [-0.15, -0.1) is 0 Å². The van der Waals surface area contributed by atoms with Crippen LogP contribution in [0.25, 0.3) is 0 Å². The first-order chi connectivity index (χ1) is 11.6. The quantitative estimate of drug-likeness (QED) is 0.829. The van der Waals surface area contributed by atoms with Crippen LogP contribution in [0.1, 0.15) is 68.0 Å². The molecular weight excluding hydrogens is 306 g/mol. The van der Waals surface area contributed by atoms with Gasteiger partial charge in [0, 0.05) is 25.6 Å². The molecule has 1 aliphatic heterocycles. The minimum Gasteiger partial charge on any atom is -0.311 e. The van der Waals surface area contributed by atoms with Gasteiger partial charge in [-0.2, -0.15) is 5.10 Å². The molecule has 1 atom stereocenters. The van der Waals surface area contributed by atoms with Crippen LogP contribution in [0.15, 0.2) is 17.2 Å². The Kier molecular flexibility index (Phi) is 3.78. The summed E-state index contributed by atoms with van der Waals surface area (Å²) in [7, 11) is 1.84. The Balaban J connectivity index is 1.78. The maximum absolute atomic E-state index is 12.7. The topological polar surface area (TPSA) is 84.7 Å². The number of fused-ring (bicyclic) bond motifs is 1. The number of amides is 1. The van der Waals surface area contributed by atoms with E-state index in [0.717, 1.165) is 18.4 Å². The van der Waals surface area contributed by atoms with Crippen molar-refractivity contribution in [2.75, 3.05) is 5.32 Å². The molecular formula is C17H23N5O2. The van der Waals surface area contributed by atoms with Crippen molar-refractivity contribution in [1.29, 1.82) is 0 Å². The fourth-order valence-electron chi connectivity index (χ4n) is 4.08. The van der Waals surface area contributed by atoms with E-state index < -0.39 is 0 Å². The second-order valence-corrected chi connectivity index (χ2v) is 6.97. The lowest BCUT2D eigenvalue weighted by Gasteiger charge is -2.25. The number of anilines is 1. The zero-order valence-corrected chi connectivity index (χ0v) is 13.9. The van der Waals surface area contributed by atoms with Crippen LogP contribution in [0.2, 0.25) is 0 Å². The molecule has 2 aromatic rings. The van der Waals surface area contributed by atoms with E-state index >= 15 is 0 Å². The van der Waals surface area contributed by atoms with Crippen LogP contribution in [-0.4, -0.2) is 25.5 Å². The Morgan fingerprint density at radius 1 is 1.17 bits per heavy atom. The summed E-state index contributed by atoms with van der Waals surface area (Å²) in [5.74, 6) is 0.396. The summed E-state index contributed by atoms with van der Waals surface area (Å²) in [6, 6.07) is 0.261. The maximum atomic E-state index is 12.7. The van der Waals surface area contributed by atoms with Gasteiger partial charge in [-0.25, -0.2) is 0 Å². The fourth-order valence-corrected chi connectivity index (χ4v) is 4.08. The molecule has 2 aliphatic rings. The summed E-state index contributed by atoms with van der Waals surface area (Å²) in [5.41, 5.74) is 1.49. The van der Waals surface area contributed by atoms with Crippen molar-refractivity contribution in [3.63, 3.8) is 0 Å². The molecule has 7 heteroatoms. The highest BCUT2D eigenvalue weighted by Gasteiger charge is 2.34. The molecule has 1 amide bonds. The highest BCUT2D eigenvalue weighted by molar-refractivity contribution is 5.94. The summed E-state index contributed by atoms with van der Waals surface area (Å²) in [6.45, 7) is 0. The molecule has 0 aromatic carbocycles. The first-order valence-electron chi connectivity index (χ1n) is 8.76. The smallest absolute Gasteiger partial charge is 0.270 e. The van der Waals surface area contributed by atoms with Crippen LogP contribution < -0.4 is 10.9 Å². The number of H-pyrrole nitrogens is 1. The van der Waals surface area contributed by atoms with Gasteiger partial charge < -0.3 is 5.32 Å². The highest BCUT2D eigenvalue weighted by atomic mass is 16.2. The lowest BCUT2D eigenvalue weighted by atomic mass is 9.89. The summed E-state index contributed by atoms with van der Waals surface area (Å²) < 4.78 is 3.63. The summed E-state index contributed by atoms with van der Waals surface area (Å²) in [4.78, 5) is 24.9. The third-order valence-corrected chi connectivity index (χ3v) is 5.28. The lowest BCUT2D eigenvalue weighted by molar-refractivity contribution is -0.116. The Labute approximate surface area is 140 Å². The maximum Gasteiger partial charge on any atom is 0.270 e. The Hall–Kier alpha value is -2.31. The van der Waals surface area contributed by atoms with Crippen LogP contribution in [-0.2, 0) is 11.8 Å². The molecule has 0 bridgehead atoms. The molecule has 0 spiro atoms. The number of aromatic nitrogens is 4. The van der Waals surface area contributed by atoms with E-state index in [1.165, 1.54) is 25.7 Å². The number of carbonyl (C=O) groups is 1. The molecule has 0 saturated heterocycles. The Bertz CT molecular complexity index is 807. The van der Waals surface area contributed by atoms with Crippen LogP contribution in [0.4, 0.5) is 5.82 Å². The van der Waals surface area contributed by atoms with Crippen molar-refractivity contribution >= 4 is 11.7 Å². The largest absolute Gasteiger partial charge is 0.311 e. The predicted molar refractivity (Wildman–Crippen MR) is 90.1 cm³/mol. The van der Waals surface area contributed by atoms with Crippen molar-refractivity contribution in [3.8, 4) is 0 Å². The average molecular weight is 329 g/mol. The number of aromatic amines is 1. The van der Waals surface area contributed by atoms with Crippen LogP contribution in [0, 0.1) is 0 Å². The molecule has 24 heavy (non-hydrogen) atoms. The number of carbonyl (C=O) groups excluding carboxylic acids is 1. The lowest BCUT2D eigenvalue weighted by Crippen LogP contribution is -2.27. The van der Waals surface area contributed by atoms with Gasteiger partial charge in [-0.3, -0.25) is 24.1 Å². The molecule has 2 N–H and O–H groups in total. The number of rotatable bonds is 2. The molecule has 1 saturated carbocycles. The van der Waals surface area contributed by atoms with E-state index in [4.69, 9.17) is 0 Å². The number of nitrogens with one attached hydrogen (secondary N) is 2. The normalized spacial score (nSPS) is 22.0. The fraction of sp³-hybridized carbons (Fsp3) is 0.588. The third kappa shape index (κ3) is 2.57. The first kappa shape index (κ1) is 15.2. The molecule has 2 aromatic heterocycles. The number of nitrogens with zero attached hydrogens (tertiary/aromatic N) is 3. The first-order valence-corrected chi connectivity index (χ1v) is 8.76. The summed E-state index contributed by atoms with van der Waals surface area (Å²) in [5, 5.41) is 10.1. The SMILES string of the molecule is Cn1cc([C@@H]2CC(=O)Nc3c2c(=O)[nH]n3C2CCCCCC2)cn1. The van der Waals surface area contributed by atoms with Gasteiger partial charge in [0.25, 0.3) is 5.56 Å². The molecule has 7 nitrogen and oxygen atoms in total. The second kappa shape index (κ2) is 5.96. The minimum atomic E-state index is -0.224. The van der Waals surface area contributed by atoms with Gasteiger partial charge in [-0.05, 0) is 18.4 Å².